The molecule has 0 unspecified atom stereocenters. The van der Waals surface area contributed by atoms with E-state index in [9.17, 15) is 9.59 Å². The quantitative estimate of drug-likeness (QED) is 0.292. The Labute approximate surface area is 224 Å². The van der Waals surface area contributed by atoms with Crippen LogP contribution in [-0.4, -0.2) is 34.0 Å². The molecule has 0 saturated carbocycles. The van der Waals surface area contributed by atoms with E-state index in [4.69, 9.17) is 11.6 Å². The zero-order chi connectivity index (χ0) is 26.0. The third-order valence-corrected chi connectivity index (χ3v) is 6.85. The van der Waals surface area contributed by atoms with Crippen LogP contribution in [0.15, 0.2) is 84.9 Å². The summed E-state index contributed by atoms with van der Waals surface area (Å²) in [6.45, 7) is 6.17. The largest absolute Gasteiger partial charge is 0.350 e. The lowest BCUT2D eigenvalue weighted by atomic mass is 10.0. The molecule has 190 valence electrons. The van der Waals surface area contributed by atoms with Crippen LogP contribution in [0, 0.1) is 0 Å². The standard InChI is InChI=1S/C30H35ClN2O2S/c1-30(2,3)32-29(35)27(20-23-11-6-4-7-12-23)33(21-25-15-10-16-26(31)19-25)28(34)17-18-36-22-24-13-8-5-9-14-24/h4-16,19,27H,17-18,20-22H2,1-3H3,(H,32,35)/t27-/m0/s1. The number of nitrogens with zero attached hydrogens (tertiary/aromatic N) is 1. The van der Waals surface area contributed by atoms with E-state index in [0.717, 1.165) is 16.9 Å². The molecule has 0 saturated heterocycles. The van der Waals surface area contributed by atoms with E-state index in [1.54, 1.807) is 16.7 Å². The number of halogens is 1. The third-order valence-electron chi connectivity index (χ3n) is 5.58. The molecule has 0 spiro atoms. The van der Waals surface area contributed by atoms with Gasteiger partial charge in [0.25, 0.3) is 0 Å². The van der Waals surface area contributed by atoms with Crippen molar-refractivity contribution < 1.29 is 9.59 Å². The molecule has 6 heteroatoms. The first kappa shape index (κ1) is 27.8. The normalized spacial score (nSPS) is 12.1. The molecule has 3 aromatic carbocycles. The number of hydrogen-bond acceptors (Lipinski definition) is 3. The molecular weight excluding hydrogens is 488 g/mol. The van der Waals surface area contributed by atoms with Gasteiger partial charge in [-0.05, 0) is 49.6 Å². The molecule has 4 nitrogen and oxygen atoms in total. The Morgan fingerprint density at radius 3 is 2.11 bits per heavy atom. The molecule has 0 aliphatic carbocycles. The zero-order valence-corrected chi connectivity index (χ0v) is 22.8. The maximum Gasteiger partial charge on any atom is 0.243 e. The lowest BCUT2D eigenvalue weighted by Crippen LogP contribution is -2.54. The van der Waals surface area contributed by atoms with Gasteiger partial charge in [-0.15, -0.1) is 0 Å². The van der Waals surface area contributed by atoms with Gasteiger partial charge in [0.2, 0.25) is 11.8 Å². The average molecular weight is 523 g/mol. The summed E-state index contributed by atoms with van der Waals surface area (Å²) in [5.74, 6) is 1.33. The van der Waals surface area contributed by atoms with Crippen molar-refractivity contribution in [3.63, 3.8) is 0 Å². The highest BCUT2D eigenvalue weighted by molar-refractivity contribution is 7.98. The first-order chi connectivity index (χ1) is 17.2. The van der Waals surface area contributed by atoms with Gasteiger partial charge in [0.1, 0.15) is 6.04 Å². The minimum absolute atomic E-state index is 0.0412. The Bertz CT molecular complexity index is 1120. The van der Waals surface area contributed by atoms with Gasteiger partial charge >= 0.3 is 0 Å². The van der Waals surface area contributed by atoms with Crippen LogP contribution in [-0.2, 0) is 28.3 Å². The second kappa shape index (κ2) is 13.5. The first-order valence-corrected chi connectivity index (χ1v) is 13.8. The van der Waals surface area contributed by atoms with Crippen LogP contribution in [0.4, 0.5) is 0 Å². The summed E-state index contributed by atoms with van der Waals surface area (Å²) in [5, 5.41) is 3.71. The fourth-order valence-corrected chi connectivity index (χ4v) is 5.01. The van der Waals surface area contributed by atoms with Crippen LogP contribution >= 0.6 is 23.4 Å². The molecule has 0 bridgehead atoms. The zero-order valence-electron chi connectivity index (χ0n) is 21.2. The monoisotopic (exact) mass is 522 g/mol. The van der Waals surface area contributed by atoms with Crippen molar-refractivity contribution in [3.8, 4) is 0 Å². The number of thioether (sulfide) groups is 1. The highest BCUT2D eigenvalue weighted by Crippen LogP contribution is 2.20. The average Bonchev–Trinajstić information content (AvgIpc) is 2.84. The molecule has 0 radical (unpaired) electrons. The number of amides is 2. The van der Waals surface area contributed by atoms with Gasteiger partial charge in [-0.3, -0.25) is 9.59 Å². The molecular formula is C30H35ClN2O2S. The number of benzene rings is 3. The third kappa shape index (κ3) is 9.36. The molecule has 1 atom stereocenters. The summed E-state index contributed by atoms with van der Waals surface area (Å²) in [6.07, 6.45) is 0.790. The van der Waals surface area contributed by atoms with Gasteiger partial charge in [-0.1, -0.05) is 84.4 Å². The predicted molar refractivity (Wildman–Crippen MR) is 151 cm³/mol. The van der Waals surface area contributed by atoms with E-state index >= 15 is 0 Å². The van der Waals surface area contributed by atoms with Crippen molar-refractivity contribution in [2.24, 2.45) is 0 Å². The molecule has 0 aliphatic rings. The maximum absolute atomic E-state index is 13.6. The fourth-order valence-electron chi connectivity index (χ4n) is 3.91. The van der Waals surface area contributed by atoms with Gasteiger partial charge in [-0.2, -0.15) is 11.8 Å². The molecule has 0 aliphatic heterocycles. The van der Waals surface area contributed by atoms with E-state index in [-0.39, 0.29) is 11.8 Å². The van der Waals surface area contributed by atoms with Crippen molar-refractivity contribution >= 4 is 35.2 Å². The highest BCUT2D eigenvalue weighted by atomic mass is 35.5. The van der Waals surface area contributed by atoms with Gasteiger partial charge in [0.05, 0.1) is 0 Å². The van der Waals surface area contributed by atoms with Gasteiger partial charge < -0.3 is 10.2 Å². The second-order valence-corrected chi connectivity index (χ2v) is 11.4. The number of carbonyl (C=O) groups is 2. The maximum atomic E-state index is 13.6. The van der Waals surface area contributed by atoms with E-state index in [2.05, 4.69) is 17.4 Å². The SMILES string of the molecule is CC(C)(C)NC(=O)[C@H](Cc1ccccc1)N(Cc1cccc(Cl)c1)C(=O)CCSCc1ccccc1. The molecule has 0 heterocycles. The van der Waals surface area contributed by atoms with Crippen LogP contribution in [0.5, 0.6) is 0 Å². The Hall–Kier alpha value is -2.76. The van der Waals surface area contributed by atoms with Crippen molar-refractivity contribution in [2.45, 2.75) is 57.5 Å². The summed E-state index contributed by atoms with van der Waals surface area (Å²) in [5.41, 5.74) is 2.73. The Balaban J connectivity index is 1.82. The minimum atomic E-state index is -0.641. The number of rotatable bonds is 11. The molecule has 2 amide bonds. The van der Waals surface area contributed by atoms with Crippen LogP contribution < -0.4 is 5.32 Å². The lowest BCUT2D eigenvalue weighted by molar-refractivity contribution is -0.141. The van der Waals surface area contributed by atoms with Crippen molar-refractivity contribution in [3.05, 3.63) is 107 Å². The number of carbonyl (C=O) groups excluding carboxylic acids is 2. The van der Waals surface area contributed by atoms with E-state index in [0.29, 0.717) is 30.2 Å². The van der Waals surface area contributed by atoms with Gasteiger partial charge in [0, 0.05) is 41.5 Å². The van der Waals surface area contributed by atoms with E-state index < -0.39 is 11.6 Å². The smallest absolute Gasteiger partial charge is 0.243 e. The predicted octanol–water partition coefficient (Wildman–Crippen LogP) is 6.52. The van der Waals surface area contributed by atoms with E-state index in [1.807, 2.05) is 93.6 Å². The molecule has 0 aromatic heterocycles. The van der Waals surface area contributed by atoms with Crippen molar-refractivity contribution in [1.29, 1.82) is 0 Å². The Kier molecular flexibility index (Phi) is 10.4. The molecule has 36 heavy (non-hydrogen) atoms. The summed E-state index contributed by atoms with van der Waals surface area (Å²) < 4.78 is 0. The highest BCUT2D eigenvalue weighted by Gasteiger charge is 2.32. The molecule has 3 rings (SSSR count). The first-order valence-electron chi connectivity index (χ1n) is 12.2. The van der Waals surface area contributed by atoms with Gasteiger partial charge in [0.15, 0.2) is 0 Å². The summed E-state index contributed by atoms with van der Waals surface area (Å²) in [6, 6.07) is 26.9. The second-order valence-electron chi connectivity index (χ2n) is 9.88. The Morgan fingerprint density at radius 1 is 0.889 bits per heavy atom. The van der Waals surface area contributed by atoms with Crippen LogP contribution in [0.2, 0.25) is 5.02 Å². The fraction of sp³-hybridized carbons (Fsp3) is 0.333. The summed E-state index contributed by atoms with van der Waals surface area (Å²) >= 11 is 7.97. The van der Waals surface area contributed by atoms with Crippen molar-refractivity contribution in [1.82, 2.24) is 10.2 Å². The van der Waals surface area contributed by atoms with Crippen LogP contribution in [0.3, 0.4) is 0 Å². The summed E-state index contributed by atoms with van der Waals surface area (Å²) in [7, 11) is 0. The Morgan fingerprint density at radius 2 is 1.50 bits per heavy atom. The van der Waals surface area contributed by atoms with Crippen LogP contribution in [0.25, 0.3) is 0 Å². The number of hydrogen-bond donors (Lipinski definition) is 1. The minimum Gasteiger partial charge on any atom is -0.350 e. The number of nitrogens with one attached hydrogen (secondary N) is 1. The summed E-state index contributed by atoms with van der Waals surface area (Å²) in [4.78, 5) is 28.9. The van der Waals surface area contributed by atoms with Gasteiger partial charge in [-0.25, -0.2) is 0 Å². The van der Waals surface area contributed by atoms with E-state index in [1.165, 1.54) is 5.56 Å². The molecule has 1 N–H and O–H groups in total. The lowest BCUT2D eigenvalue weighted by Gasteiger charge is -2.34. The topological polar surface area (TPSA) is 49.4 Å². The van der Waals surface area contributed by atoms with Crippen LogP contribution in [0.1, 0.15) is 43.9 Å². The molecule has 3 aromatic rings. The van der Waals surface area contributed by atoms with Crippen molar-refractivity contribution in [2.75, 3.05) is 5.75 Å². The molecule has 0 fully saturated rings.